The van der Waals surface area contributed by atoms with Gasteiger partial charge in [-0.25, -0.2) is 13.1 Å². The van der Waals surface area contributed by atoms with E-state index in [1.807, 2.05) is 21.0 Å². The van der Waals surface area contributed by atoms with E-state index in [0.29, 0.717) is 18.0 Å². The molecule has 9 nitrogen and oxygen atoms in total. The molecule has 0 bridgehead atoms. The van der Waals surface area contributed by atoms with Crippen molar-refractivity contribution in [3.05, 3.63) is 52.1 Å². The molecule has 0 fully saturated rings. The highest BCUT2D eigenvalue weighted by Crippen LogP contribution is 2.37. The number of rotatable bonds is 9. The van der Waals surface area contributed by atoms with E-state index in [9.17, 15) is 18.5 Å². The first-order valence-corrected chi connectivity index (χ1v) is 10.0. The van der Waals surface area contributed by atoms with E-state index in [1.54, 1.807) is 18.2 Å². The molecular formula is C18H24N3O6S+. The molecule has 2 aromatic rings. The van der Waals surface area contributed by atoms with Gasteiger partial charge in [0, 0.05) is 6.07 Å². The van der Waals surface area contributed by atoms with Crippen molar-refractivity contribution >= 4 is 15.7 Å². The average Bonchev–Trinajstić information content (AvgIpc) is 2.62. The highest BCUT2D eigenvalue weighted by atomic mass is 32.2. The molecule has 0 aliphatic rings. The first-order chi connectivity index (χ1) is 13.1. The Morgan fingerprint density at radius 3 is 2.39 bits per heavy atom. The molecule has 152 valence electrons. The summed E-state index contributed by atoms with van der Waals surface area (Å²) in [5, 5.41) is 11.5. The van der Waals surface area contributed by atoms with E-state index < -0.39 is 20.6 Å². The molecular weight excluding hydrogens is 386 g/mol. The molecule has 2 aromatic carbocycles. The number of nitrogens with zero attached hydrogens (tertiary/aromatic N) is 1. The van der Waals surface area contributed by atoms with E-state index in [-0.39, 0.29) is 17.2 Å². The summed E-state index contributed by atoms with van der Waals surface area (Å²) in [5.74, 6) is 0.626. The number of methoxy groups -OCH3 is 1. The molecule has 0 saturated carbocycles. The lowest BCUT2D eigenvalue weighted by atomic mass is 10.2. The number of ether oxygens (including phenoxy) is 2. The number of quaternary nitrogens is 1. The minimum atomic E-state index is -3.87. The highest BCUT2D eigenvalue weighted by molar-refractivity contribution is 7.89. The van der Waals surface area contributed by atoms with Crippen LogP contribution in [0.1, 0.15) is 5.56 Å². The third-order valence-corrected chi connectivity index (χ3v) is 5.35. The molecule has 2 N–H and O–H groups in total. The van der Waals surface area contributed by atoms with Crippen molar-refractivity contribution < 1.29 is 27.7 Å². The van der Waals surface area contributed by atoms with Crippen LogP contribution >= 0.6 is 0 Å². The summed E-state index contributed by atoms with van der Waals surface area (Å²) in [6.45, 7) is 2.67. The fourth-order valence-corrected chi connectivity index (χ4v) is 3.44. The number of hydrogen-bond acceptors (Lipinski definition) is 6. The highest BCUT2D eigenvalue weighted by Gasteiger charge is 2.23. The maximum absolute atomic E-state index is 12.4. The van der Waals surface area contributed by atoms with Gasteiger partial charge in [-0.2, -0.15) is 0 Å². The summed E-state index contributed by atoms with van der Waals surface area (Å²) < 4.78 is 38.1. The average molecular weight is 410 g/mol. The monoisotopic (exact) mass is 410 g/mol. The van der Waals surface area contributed by atoms with E-state index in [0.717, 1.165) is 16.5 Å². The summed E-state index contributed by atoms with van der Waals surface area (Å²) in [6.07, 6.45) is 0. The van der Waals surface area contributed by atoms with Crippen molar-refractivity contribution in [3.8, 4) is 17.2 Å². The molecule has 0 radical (unpaired) electrons. The van der Waals surface area contributed by atoms with E-state index in [1.165, 1.54) is 19.2 Å². The third-order valence-electron chi connectivity index (χ3n) is 3.89. The maximum atomic E-state index is 12.4. The number of likely N-dealkylation sites (N-methyl/N-ethyl adjacent to an activating group) is 1. The number of benzene rings is 2. The Balaban J connectivity index is 2.34. The van der Waals surface area contributed by atoms with Gasteiger partial charge in [0.15, 0.2) is 11.5 Å². The van der Waals surface area contributed by atoms with Crippen LogP contribution < -0.4 is 19.1 Å². The van der Waals surface area contributed by atoms with Gasteiger partial charge in [-0.3, -0.25) is 10.1 Å². The number of hydrogen-bond donors (Lipinski definition) is 2. The minimum absolute atomic E-state index is 0.0798. The molecule has 0 saturated heterocycles. The molecule has 0 aliphatic heterocycles. The van der Waals surface area contributed by atoms with Gasteiger partial charge in [-0.1, -0.05) is 6.07 Å². The van der Waals surface area contributed by atoms with Gasteiger partial charge in [-0.15, -0.1) is 0 Å². The predicted octanol–water partition coefficient (Wildman–Crippen LogP) is 1.13. The molecule has 0 aliphatic carbocycles. The van der Waals surface area contributed by atoms with Crippen molar-refractivity contribution in [2.24, 2.45) is 0 Å². The Hall–Kier alpha value is -2.69. The summed E-state index contributed by atoms with van der Waals surface area (Å²) in [6, 6.07) is 8.67. The van der Waals surface area contributed by atoms with E-state index in [4.69, 9.17) is 9.47 Å². The van der Waals surface area contributed by atoms with Crippen LogP contribution in [-0.2, 0) is 10.0 Å². The van der Waals surface area contributed by atoms with E-state index >= 15 is 0 Å². The normalized spacial score (nSPS) is 11.5. The van der Waals surface area contributed by atoms with Gasteiger partial charge in [0.1, 0.15) is 0 Å². The first-order valence-electron chi connectivity index (χ1n) is 8.53. The Kier molecular flexibility index (Phi) is 6.95. The van der Waals surface area contributed by atoms with Crippen LogP contribution in [0, 0.1) is 17.0 Å². The van der Waals surface area contributed by atoms with Gasteiger partial charge in [0.25, 0.3) is 0 Å². The molecule has 0 heterocycles. The predicted molar refractivity (Wildman–Crippen MR) is 104 cm³/mol. The minimum Gasteiger partial charge on any atom is -0.493 e. The zero-order valence-electron chi connectivity index (χ0n) is 16.2. The van der Waals surface area contributed by atoms with Gasteiger partial charge in [0.05, 0.1) is 44.1 Å². The van der Waals surface area contributed by atoms with Gasteiger partial charge >= 0.3 is 5.69 Å². The third kappa shape index (κ3) is 5.41. The first kappa shape index (κ1) is 21.6. The summed E-state index contributed by atoms with van der Waals surface area (Å²) in [4.78, 5) is 11.7. The summed E-state index contributed by atoms with van der Waals surface area (Å²) >= 11 is 0. The zero-order valence-corrected chi connectivity index (χ0v) is 17.0. The Bertz CT molecular complexity index is 960. The smallest absolute Gasteiger partial charge is 0.312 e. The van der Waals surface area contributed by atoms with Crippen molar-refractivity contribution in [1.29, 1.82) is 0 Å². The number of nitro benzene ring substituents is 1. The fraction of sp³-hybridized carbons (Fsp3) is 0.333. The van der Waals surface area contributed by atoms with E-state index in [2.05, 4.69) is 4.72 Å². The van der Waals surface area contributed by atoms with Gasteiger partial charge < -0.3 is 14.4 Å². The fourth-order valence-electron chi connectivity index (χ4n) is 2.39. The lowest BCUT2D eigenvalue weighted by molar-refractivity contribution is -0.856. The Labute approximate surface area is 164 Å². The van der Waals surface area contributed by atoms with Crippen LogP contribution in [-0.4, -0.2) is 47.6 Å². The SMILES string of the molecule is COc1cc(C)ccc1Oc1ccc(S(=O)(=O)NCC[NH+](C)C)cc1[N+](=O)[O-]. The van der Waals surface area contributed by atoms with Crippen molar-refractivity contribution in [2.45, 2.75) is 11.8 Å². The largest absolute Gasteiger partial charge is 0.493 e. The second-order valence-electron chi connectivity index (χ2n) is 6.50. The summed E-state index contributed by atoms with van der Waals surface area (Å²) in [5.41, 5.74) is 0.481. The van der Waals surface area contributed by atoms with Crippen molar-refractivity contribution in [2.75, 3.05) is 34.3 Å². The number of aryl methyl sites for hydroxylation is 1. The molecule has 28 heavy (non-hydrogen) atoms. The Morgan fingerprint density at radius 1 is 1.11 bits per heavy atom. The quantitative estimate of drug-likeness (QED) is 0.473. The second kappa shape index (κ2) is 9.00. The molecule has 0 unspecified atom stereocenters. The van der Waals surface area contributed by atoms with Crippen LogP contribution in [0.5, 0.6) is 17.2 Å². The topological polar surface area (TPSA) is 112 Å². The molecule has 10 heteroatoms. The molecule has 0 spiro atoms. The number of nitrogens with one attached hydrogen (secondary N) is 2. The maximum Gasteiger partial charge on any atom is 0.312 e. The summed E-state index contributed by atoms with van der Waals surface area (Å²) in [7, 11) is 1.38. The van der Waals surface area contributed by atoms with Crippen LogP contribution in [0.15, 0.2) is 41.3 Å². The lowest BCUT2D eigenvalue weighted by Gasteiger charge is -2.12. The molecule has 0 aromatic heterocycles. The van der Waals surface area contributed by atoms with Gasteiger partial charge in [0.2, 0.25) is 15.8 Å². The van der Waals surface area contributed by atoms with Crippen molar-refractivity contribution in [3.63, 3.8) is 0 Å². The Morgan fingerprint density at radius 2 is 1.79 bits per heavy atom. The van der Waals surface area contributed by atoms with Gasteiger partial charge in [-0.05, 0) is 36.8 Å². The number of sulfonamides is 1. The second-order valence-corrected chi connectivity index (χ2v) is 8.26. The number of nitro groups is 1. The van der Waals surface area contributed by atoms with Crippen LogP contribution in [0.4, 0.5) is 5.69 Å². The molecule has 0 amide bonds. The van der Waals surface area contributed by atoms with Crippen LogP contribution in [0.25, 0.3) is 0 Å². The molecule has 0 atom stereocenters. The van der Waals surface area contributed by atoms with Crippen LogP contribution in [0.2, 0.25) is 0 Å². The zero-order chi connectivity index (χ0) is 20.9. The molecule has 2 rings (SSSR count). The lowest BCUT2D eigenvalue weighted by Crippen LogP contribution is -3.06. The van der Waals surface area contributed by atoms with Crippen molar-refractivity contribution in [1.82, 2.24) is 4.72 Å². The standard InChI is InChI=1S/C18H23N3O6S/c1-13-5-7-17(18(11-13)26-4)27-16-8-6-14(12-15(16)21(22)23)28(24,25)19-9-10-20(2)3/h5-8,11-12,19H,9-10H2,1-4H3/p+1. The van der Waals surface area contributed by atoms with Crippen LogP contribution in [0.3, 0.4) is 0 Å².